The highest BCUT2D eigenvalue weighted by atomic mass is 16.7. The first-order valence-corrected chi connectivity index (χ1v) is 16.5. The largest absolute Gasteiger partial charge is 0.460 e. The van der Waals surface area contributed by atoms with Crippen molar-refractivity contribution in [2.24, 2.45) is 5.92 Å². The monoisotopic (exact) mass is 654 g/mol. The topological polar surface area (TPSA) is 162 Å². The summed E-state index contributed by atoms with van der Waals surface area (Å²) in [5, 5.41) is 15.0. The molecule has 1 aromatic rings. The molecule has 0 bridgehead atoms. The van der Waals surface area contributed by atoms with Crippen molar-refractivity contribution in [1.29, 1.82) is 0 Å². The molecule has 2 aliphatic heterocycles. The number of hydrogen-bond donors (Lipinski definition) is 3. The van der Waals surface area contributed by atoms with Crippen molar-refractivity contribution >= 4 is 29.8 Å². The minimum Gasteiger partial charge on any atom is -0.460 e. The third kappa shape index (κ3) is 10.2. The summed E-state index contributed by atoms with van der Waals surface area (Å²) in [7, 11) is 0. The van der Waals surface area contributed by atoms with Gasteiger partial charge in [0.05, 0.1) is 30.4 Å². The van der Waals surface area contributed by atoms with Crippen molar-refractivity contribution in [3.8, 4) is 0 Å². The molecule has 47 heavy (non-hydrogen) atoms. The second-order valence-corrected chi connectivity index (χ2v) is 13.6. The first-order chi connectivity index (χ1) is 22.5. The number of nitrogens with one attached hydrogen (secondary N) is 2. The number of epoxide rings is 1. The molecule has 4 aliphatic rings. The number of aliphatic hydroxyl groups is 1. The van der Waals surface area contributed by atoms with Crippen LogP contribution in [0.15, 0.2) is 42.0 Å². The van der Waals surface area contributed by atoms with Gasteiger partial charge in [-0.25, -0.2) is 4.79 Å². The molecule has 2 aliphatic carbocycles. The molecule has 2 amide bonds. The van der Waals surface area contributed by atoms with E-state index < -0.39 is 47.8 Å². The van der Waals surface area contributed by atoms with E-state index in [1.165, 1.54) is 0 Å². The van der Waals surface area contributed by atoms with Crippen LogP contribution in [0.4, 0.5) is 0 Å². The van der Waals surface area contributed by atoms with E-state index in [-0.39, 0.29) is 51.5 Å². The van der Waals surface area contributed by atoms with Crippen LogP contribution in [0.5, 0.6) is 0 Å². The van der Waals surface area contributed by atoms with Crippen LogP contribution in [0.25, 0.3) is 6.08 Å². The number of amides is 2. The standard InChI is InChI=1S/C35H46N2O10/c1-35(2,3)47-31(40)13-11-25(19-38)37-30(39)14-15-36-33(41)24-17-28-32(44-20-43-28)29(18-24)46-34(42)23-9-6-21(7-10-23)4-5-22-8-12-26-27(16-22)45-26/h4-7,9-10,17,22,25-29,32,38H,8,11-16,18-20H2,1-3H3,(H,36,41)(H,37,39)/t22?,25-,26?,27?,28+,29+,32+/m0/s1. The lowest BCUT2D eigenvalue weighted by Gasteiger charge is -2.30. The summed E-state index contributed by atoms with van der Waals surface area (Å²) in [6.07, 6.45) is 8.70. The molecule has 2 heterocycles. The molecular formula is C35H46N2O10. The van der Waals surface area contributed by atoms with Crippen LogP contribution in [-0.4, -0.2) is 91.0 Å². The van der Waals surface area contributed by atoms with Crippen molar-refractivity contribution in [3.63, 3.8) is 0 Å². The minimum atomic E-state index is -0.737. The number of allylic oxidation sites excluding steroid dienone is 1. The van der Waals surface area contributed by atoms with E-state index in [0.717, 1.165) is 24.8 Å². The molecule has 12 heteroatoms. The molecule has 3 N–H and O–H groups in total. The predicted octanol–water partition coefficient (Wildman–Crippen LogP) is 2.97. The van der Waals surface area contributed by atoms with Crippen molar-refractivity contribution in [1.82, 2.24) is 10.6 Å². The van der Waals surface area contributed by atoms with Crippen LogP contribution >= 0.6 is 0 Å². The van der Waals surface area contributed by atoms with Gasteiger partial charge in [-0.2, -0.15) is 0 Å². The molecule has 12 nitrogen and oxygen atoms in total. The molecule has 0 spiro atoms. The maximum atomic E-state index is 13.1. The Labute approximate surface area is 275 Å². The Morgan fingerprint density at radius 2 is 1.85 bits per heavy atom. The van der Waals surface area contributed by atoms with Crippen molar-refractivity contribution in [2.45, 2.75) is 108 Å². The summed E-state index contributed by atoms with van der Waals surface area (Å²) < 4.78 is 28.0. The SMILES string of the molecule is CC(C)(C)OC(=O)CC[C@@H](CO)NC(=O)CCNC(=O)C1=C[C@H]2OCO[C@H]2[C@H](OC(=O)c2ccc(C=CC3CCC4OC4C3)cc2)C1. The van der Waals surface area contributed by atoms with Crippen LogP contribution in [0.3, 0.4) is 0 Å². The number of rotatable bonds is 13. The summed E-state index contributed by atoms with van der Waals surface area (Å²) in [5.74, 6) is -1.22. The van der Waals surface area contributed by atoms with Crippen LogP contribution in [0, 0.1) is 5.92 Å². The zero-order chi connectivity index (χ0) is 33.6. The Balaban J connectivity index is 1.07. The summed E-state index contributed by atoms with van der Waals surface area (Å²) in [6, 6.07) is 6.59. The van der Waals surface area contributed by atoms with E-state index in [1.54, 1.807) is 39.0 Å². The second kappa shape index (κ2) is 15.5. The van der Waals surface area contributed by atoms with Gasteiger partial charge in [-0.3, -0.25) is 14.4 Å². The lowest BCUT2D eigenvalue weighted by Crippen LogP contribution is -2.44. The molecule has 3 fully saturated rings. The second-order valence-electron chi connectivity index (χ2n) is 13.6. The van der Waals surface area contributed by atoms with Gasteiger partial charge in [0.15, 0.2) is 0 Å². The van der Waals surface area contributed by atoms with E-state index >= 15 is 0 Å². The van der Waals surface area contributed by atoms with Crippen molar-refractivity contribution < 1.29 is 48.0 Å². The number of aliphatic hydroxyl groups excluding tert-OH is 1. The third-order valence-electron chi connectivity index (χ3n) is 8.64. The number of carbonyl (C=O) groups excluding carboxylic acids is 4. The first kappa shape index (κ1) is 34.7. The van der Waals surface area contributed by atoms with Crippen LogP contribution in [-0.2, 0) is 38.1 Å². The van der Waals surface area contributed by atoms with E-state index in [4.69, 9.17) is 23.7 Å². The Morgan fingerprint density at radius 1 is 1.06 bits per heavy atom. The summed E-state index contributed by atoms with van der Waals surface area (Å²) in [4.78, 5) is 50.5. The molecule has 3 unspecified atom stereocenters. The number of esters is 2. The number of benzene rings is 1. The maximum Gasteiger partial charge on any atom is 0.338 e. The van der Waals surface area contributed by atoms with Crippen LogP contribution in [0.2, 0.25) is 0 Å². The van der Waals surface area contributed by atoms with Gasteiger partial charge >= 0.3 is 11.9 Å². The van der Waals surface area contributed by atoms with Gasteiger partial charge in [0, 0.05) is 31.4 Å². The molecule has 1 saturated carbocycles. The van der Waals surface area contributed by atoms with E-state index in [1.807, 2.05) is 12.1 Å². The lowest BCUT2D eigenvalue weighted by atomic mass is 9.89. The quantitative estimate of drug-likeness (QED) is 0.213. The number of ether oxygens (including phenoxy) is 5. The summed E-state index contributed by atoms with van der Waals surface area (Å²) in [6.45, 7) is 5.02. The average molecular weight is 655 g/mol. The van der Waals surface area contributed by atoms with Gasteiger partial charge < -0.3 is 39.4 Å². The van der Waals surface area contributed by atoms with Gasteiger partial charge in [-0.05, 0) is 76.1 Å². The highest BCUT2D eigenvalue weighted by Crippen LogP contribution is 2.40. The molecule has 5 rings (SSSR count). The fourth-order valence-electron chi connectivity index (χ4n) is 6.11. The van der Waals surface area contributed by atoms with E-state index in [9.17, 15) is 24.3 Å². The molecule has 7 atom stereocenters. The fourth-order valence-corrected chi connectivity index (χ4v) is 6.11. The van der Waals surface area contributed by atoms with Gasteiger partial charge in [0.2, 0.25) is 11.8 Å². The number of carbonyl (C=O) groups is 4. The Bertz CT molecular complexity index is 1350. The first-order valence-electron chi connectivity index (χ1n) is 16.5. The van der Waals surface area contributed by atoms with Gasteiger partial charge in [0.1, 0.15) is 30.7 Å². The Hall–Kier alpha value is -3.58. The Kier molecular flexibility index (Phi) is 11.5. The van der Waals surface area contributed by atoms with Gasteiger partial charge in [-0.1, -0.05) is 24.3 Å². The molecular weight excluding hydrogens is 608 g/mol. The zero-order valence-corrected chi connectivity index (χ0v) is 27.3. The average Bonchev–Trinajstić information content (AvgIpc) is 3.65. The highest BCUT2D eigenvalue weighted by Gasteiger charge is 2.43. The van der Waals surface area contributed by atoms with E-state index in [2.05, 4.69) is 22.8 Å². The van der Waals surface area contributed by atoms with Gasteiger partial charge in [-0.15, -0.1) is 0 Å². The normalized spacial score (nSPS) is 27.2. The smallest absolute Gasteiger partial charge is 0.338 e. The zero-order valence-electron chi connectivity index (χ0n) is 27.3. The minimum absolute atomic E-state index is 0.0183. The van der Waals surface area contributed by atoms with Gasteiger partial charge in [0.25, 0.3) is 0 Å². The summed E-state index contributed by atoms with van der Waals surface area (Å²) >= 11 is 0. The number of hydrogen-bond acceptors (Lipinski definition) is 10. The van der Waals surface area contributed by atoms with E-state index in [0.29, 0.717) is 29.3 Å². The number of fused-ring (bicyclic) bond motifs is 2. The fraction of sp³-hybridized carbons (Fsp3) is 0.600. The molecule has 0 radical (unpaired) electrons. The highest BCUT2D eigenvalue weighted by molar-refractivity contribution is 5.94. The maximum absolute atomic E-state index is 13.1. The van der Waals surface area contributed by atoms with Crippen molar-refractivity contribution in [3.05, 3.63) is 53.1 Å². The lowest BCUT2D eigenvalue weighted by molar-refractivity contribution is -0.155. The molecule has 256 valence electrons. The van der Waals surface area contributed by atoms with Crippen LogP contribution < -0.4 is 10.6 Å². The molecule has 2 saturated heterocycles. The molecule has 1 aromatic carbocycles. The van der Waals surface area contributed by atoms with Crippen molar-refractivity contribution in [2.75, 3.05) is 19.9 Å². The summed E-state index contributed by atoms with van der Waals surface area (Å²) in [5.41, 5.74) is 1.14. The predicted molar refractivity (Wildman–Crippen MR) is 170 cm³/mol. The molecule has 0 aromatic heterocycles. The third-order valence-corrected chi connectivity index (χ3v) is 8.64. The Morgan fingerprint density at radius 3 is 2.57 bits per heavy atom. The van der Waals surface area contributed by atoms with Crippen LogP contribution in [0.1, 0.15) is 81.6 Å².